The molecule has 0 bridgehead atoms. The van der Waals surface area contributed by atoms with Crippen LogP contribution in [0.15, 0.2) is 30.3 Å². The molecule has 1 saturated carbocycles. The van der Waals surface area contributed by atoms with E-state index in [1.807, 2.05) is 0 Å². The normalized spacial score (nSPS) is 18.1. The molecule has 2 heteroatoms. The fraction of sp³-hybridized carbons (Fsp3) is 0.625. The Balaban J connectivity index is 0.00000162. The molecule has 1 aromatic rings. The largest absolute Gasteiger partial charge is 0.310 e. The number of hydrogen-bond acceptors (Lipinski definition) is 1. The molecule has 1 atom stereocenters. The number of halogens is 1. The average Bonchev–Trinajstić information content (AvgIpc) is 2.39. The molecule has 0 spiro atoms. The number of nitrogens with one attached hydrogen (secondary N) is 1. The van der Waals surface area contributed by atoms with Gasteiger partial charge in [-0.2, -0.15) is 0 Å². The highest BCUT2D eigenvalue weighted by Gasteiger charge is 2.15. The minimum atomic E-state index is 0. The first kappa shape index (κ1) is 15.5. The van der Waals surface area contributed by atoms with E-state index >= 15 is 0 Å². The second-order valence-electron chi connectivity index (χ2n) is 5.51. The summed E-state index contributed by atoms with van der Waals surface area (Å²) in [5, 5.41) is 3.65. The van der Waals surface area contributed by atoms with Crippen molar-refractivity contribution in [3.63, 3.8) is 0 Å². The minimum absolute atomic E-state index is 0. The van der Waals surface area contributed by atoms with Crippen molar-refractivity contribution in [2.75, 3.05) is 0 Å². The SMILES string of the molecule is CC(CC1CCCCC1)NCc1ccccc1.Cl. The Morgan fingerprint density at radius 1 is 1.11 bits per heavy atom. The van der Waals surface area contributed by atoms with Crippen LogP contribution in [-0.2, 0) is 6.54 Å². The highest BCUT2D eigenvalue weighted by Crippen LogP contribution is 2.27. The zero-order chi connectivity index (χ0) is 11.9. The first-order valence-electron chi connectivity index (χ1n) is 7.12. The van der Waals surface area contributed by atoms with Gasteiger partial charge in [-0.15, -0.1) is 12.4 Å². The molecule has 1 fully saturated rings. The molecule has 0 saturated heterocycles. The van der Waals surface area contributed by atoms with Crippen molar-refractivity contribution in [3.05, 3.63) is 35.9 Å². The van der Waals surface area contributed by atoms with Crippen LogP contribution in [0.5, 0.6) is 0 Å². The van der Waals surface area contributed by atoms with Gasteiger partial charge in [-0.25, -0.2) is 0 Å². The maximum atomic E-state index is 3.65. The van der Waals surface area contributed by atoms with Gasteiger partial charge in [0.2, 0.25) is 0 Å². The van der Waals surface area contributed by atoms with Crippen molar-refractivity contribution < 1.29 is 0 Å². The van der Waals surface area contributed by atoms with Crippen molar-refractivity contribution in [3.8, 4) is 0 Å². The second kappa shape index (κ2) is 8.55. The summed E-state index contributed by atoms with van der Waals surface area (Å²) in [7, 11) is 0. The average molecular weight is 268 g/mol. The summed E-state index contributed by atoms with van der Waals surface area (Å²) in [4.78, 5) is 0. The van der Waals surface area contributed by atoms with E-state index in [1.54, 1.807) is 0 Å². The zero-order valence-electron chi connectivity index (χ0n) is 11.4. The van der Waals surface area contributed by atoms with Crippen LogP contribution in [0.2, 0.25) is 0 Å². The van der Waals surface area contributed by atoms with Crippen LogP contribution in [0, 0.1) is 5.92 Å². The molecule has 1 aliphatic carbocycles. The van der Waals surface area contributed by atoms with Crippen LogP contribution in [0.4, 0.5) is 0 Å². The molecular formula is C16H26ClN. The molecule has 1 nitrogen and oxygen atoms in total. The third-order valence-corrected chi connectivity index (χ3v) is 3.91. The molecule has 0 radical (unpaired) electrons. The summed E-state index contributed by atoms with van der Waals surface area (Å²) < 4.78 is 0. The van der Waals surface area contributed by atoms with Crippen LogP contribution in [0.25, 0.3) is 0 Å². The maximum absolute atomic E-state index is 3.65. The van der Waals surface area contributed by atoms with E-state index in [2.05, 4.69) is 42.6 Å². The molecule has 0 aliphatic heterocycles. The van der Waals surface area contributed by atoms with Gasteiger partial charge in [0.25, 0.3) is 0 Å². The van der Waals surface area contributed by atoms with Crippen molar-refractivity contribution in [2.24, 2.45) is 5.92 Å². The summed E-state index contributed by atoms with van der Waals surface area (Å²) in [6, 6.07) is 11.3. The smallest absolute Gasteiger partial charge is 0.0207 e. The molecule has 1 aliphatic rings. The van der Waals surface area contributed by atoms with Crippen LogP contribution in [0.3, 0.4) is 0 Å². The lowest BCUT2D eigenvalue weighted by Gasteiger charge is -2.25. The van der Waals surface area contributed by atoms with Gasteiger partial charge in [-0.1, -0.05) is 62.4 Å². The summed E-state index contributed by atoms with van der Waals surface area (Å²) in [5.74, 6) is 0.974. The molecule has 2 rings (SSSR count). The molecule has 0 amide bonds. The summed E-state index contributed by atoms with van der Waals surface area (Å²) in [6.07, 6.45) is 8.63. The third kappa shape index (κ3) is 5.41. The number of rotatable bonds is 5. The molecule has 1 N–H and O–H groups in total. The van der Waals surface area contributed by atoms with Crippen molar-refractivity contribution in [2.45, 2.75) is 58.0 Å². The van der Waals surface area contributed by atoms with Crippen LogP contribution < -0.4 is 5.32 Å². The first-order chi connectivity index (χ1) is 8.34. The summed E-state index contributed by atoms with van der Waals surface area (Å²) in [6.45, 7) is 3.34. The van der Waals surface area contributed by atoms with Crippen molar-refractivity contribution in [1.82, 2.24) is 5.32 Å². The van der Waals surface area contributed by atoms with Gasteiger partial charge in [0.15, 0.2) is 0 Å². The maximum Gasteiger partial charge on any atom is 0.0207 e. The Labute approximate surface area is 118 Å². The van der Waals surface area contributed by atoms with E-state index in [1.165, 1.54) is 44.1 Å². The molecular weight excluding hydrogens is 242 g/mol. The Hall–Kier alpha value is -0.530. The molecule has 0 aromatic heterocycles. The quantitative estimate of drug-likeness (QED) is 0.825. The topological polar surface area (TPSA) is 12.0 Å². The number of benzene rings is 1. The van der Waals surface area contributed by atoms with Gasteiger partial charge in [-0.3, -0.25) is 0 Å². The van der Waals surface area contributed by atoms with E-state index < -0.39 is 0 Å². The summed E-state index contributed by atoms with van der Waals surface area (Å²) in [5.41, 5.74) is 1.39. The molecule has 1 aromatic carbocycles. The van der Waals surface area contributed by atoms with E-state index in [9.17, 15) is 0 Å². The minimum Gasteiger partial charge on any atom is -0.310 e. The first-order valence-corrected chi connectivity index (χ1v) is 7.12. The Morgan fingerprint density at radius 3 is 2.44 bits per heavy atom. The van der Waals surface area contributed by atoms with Gasteiger partial charge < -0.3 is 5.32 Å². The van der Waals surface area contributed by atoms with Crippen molar-refractivity contribution >= 4 is 12.4 Å². The van der Waals surface area contributed by atoms with E-state index in [0.717, 1.165) is 12.5 Å². The predicted octanol–water partition coefficient (Wildman–Crippen LogP) is 4.56. The van der Waals surface area contributed by atoms with E-state index in [4.69, 9.17) is 0 Å². The third-order valence-electron chi connectivity index (χ3n) is 3.91. The monoisotopic (exact) mass is 267 g/mol. The Morgan fingerprint density at radius 2 is 1.78 bits per heavy atom. The Bertz CT molecular complexity index is 306. The fourth-order valence-corrected chi connectivity index (χ4v) is 2.89. The lowest BCUT2D eigenvalue weighted by atomic mass is 9.85. The lowest BCUT2D eigenvalue weighted by molar-refractivity contribution is 0.304. The van der Waals surface area contributed by atoms with Gasteiger partial charge in [0.05, 0.1) is 0 Å². The highest BCUT2D eigenvalue weighted by atomic mass is 35.5. The van der Waals surface area contributed by atoms with Crippen LogP contribution >= 0.6 is 12.4 Å². The predicted molar refractivity (Wildman–Crippen MR) is 81.2 cm³/mol. The van der Waals surface area contributed by atoms with Crippen LogP contribution in [0.1, 0.15) is 51.0 Å². The molecule has 18 heavy (non-hydrogen) atoms. The number of hydrogen-bond donors (Lipinski definition) is 1. The van der Waals surface area contributed by atoms with Crippen molar-refractivity contribution in [1.29, 1.82) is 0 Å². The van der Waals surface area contributed by atoms with Gasteiger partial charge >= 0.3 is 0 Å². The lowest BCUT2D eigenvalue weighted by Crippen LogP contribution is -2.28. The standard InChI is InChI=1S/C16H25N.ClH/c1-14(12-15-8-4-2-5-9-15)17-13-16-10-6-3-7-11-16;/h3,6-7,10-11,14-15,17H,2,4-5,8-9,12-13H2,1H3;1H. The molecule has 102 valence electrons. The second-order valence-corrected chi connectivity index (χ2v) is 5.51. The highest BCUT2D eigenvalue weighted by molar-refractivity contribution is 5.85. The molecule has 0 heterocycles. The van der Waals surface area contributed by atoms with Gasteiger partial charge in [0, 0.05) is 12.6 Å². The molecule has 1 unspecified atom stereocenters. The summed E-state index contributed by atoms with van der Waals surface area (Å²) >= 11 is 0. The zero-order valence-corrected chi connectivity index (χ0v) is 12.2. The van der Waals surface area contributed by atoms with Crippen LogP contribution in [-0.4, -0.2) is 6.04 Å². The van der Waals surface area contributed by atoms with Gasteiger partial charge in [-0.05, 0) is 24.8 Å². The fourth-order valence-electron chi connectivity index (χ4n) is 2.89. The van der Waals surface area contributed by atoms with E-state index in [0.29, 0.717) is 6.04 Å². The Kier molecular flexibility index (Phi) is 7.38. The van der Waals surface area contributed by atoms with E-state index in [-0.39, 0.29) is 12.4 Å². The van der Waals surface area contributed by atoms with Gasteiger partial charge in [0.1, 0.15) is 0 Å².